The van der Waals surface area contributed by atoms with E-state index in [2.05, 4.69) is 12.2 Å². The first-order valence-electron chi connectivity index (χ1n) is 15.6. The van der Waals surface area contributed by atoms with Gasteiger partial charge in [0.05, 0.1) is 24.3 Å². The van der Waals surface area contributed by atoms with E-state index < -0.39 is 46.7 Å². The summed E-state index contributed by atoms with van der Waals surface area (Å²) < 4.78 is 73.8. The number of alkyl carbamates (subject to hydrolysis) is 1. The highest BCUT2D eigenvalue weighted by molar-refractivity contribution is 7.62. The molecule has 0 radical (unpaired) electrons. The first-order chi connectivity index (χ1) is 19.5. The Hall–Kier alpha value is -1.73. The van der Waals surface area contributed by atoms with Crippen LogP contribution < -0.4 is 10.1 Å². The topological polar surface area (TPSA) is 73.9 Å². The molecule has 10 heteroatoms. The normalized spacial score (nSPS) is 14.7. The molecular formula is C33H57F3NO5P. The van der Waals surface area contributed by atoms with Crippen molar-refractivity contribution in [2.75, 3.05) is 13.2 Å². The number of alkyl halides is 3. The quantitative estimate of drug-likeness (QED) is 0.153. The highest BCUT2D eigenvalue weighted by Crippen LogP contribution is 2.67. The van der Waals surface area contributed by atoms with Crippen molar-refractivity contribution in [2.24, 2.45) is 0 Å². The number of carbonyl (C=O) groups excluding carboxylic acids is 1. The van der Waals surface area contributed by atoms with E-state index in [1.165, 1.54) is 6.07 Å². The molecule has 0 heterocycles. The van der Waals surface area contributed by atoms with Crippen molar-refractivity contribution >= 4 is 13.5 Å². The van der Waals surface area contributed by atoms with Crippen LogP contribution in [0, 0.1) is 0 Å². The second-order valence-corrected chi connectivity index (χ2v) is 18.6. The fourth-order valence-corrected chi connectivity index (χ4v) is 8.23. The number of hydrogen-bond acceptors (Lipinski definition) is 5. The van der Waals surface area contributed by atoms with E-state index in [1.54, 1.807) is 26.8 Å². The summed E-state index contributed by atoms with van der Waals surface area (Å²) in [6.07, 6.45) is 0.410. The van der Waals surface area contributed by atoms with Gasteiger partial charge in [-0.3, -0.25) is 4.57 Å². The lowest BCUT2D eigenvalue weighted by Gasteiger charge is -2.43. The number of unbranched alkanes of at least 4 members (excludes halogenated alkanes) is 4. The maximum Gasteiger partial charge on any atom is 0.419 e. The minimum atomic E-state index is -4.58. The average molecular weight is 636 g/mol. The maximum atomic E-state index is 14.3. The molecule has 0 aliphatic heterocycles. The molecule has 0 aliphatic carbocycles. The zero-order chi connectivity index (χ0) is 33.3. The summed E-state index contributed by atoms with van der Waals surface area (Å²) in [7, 11) is -3.29. The van der Waals surface area contributed by atoms with E-state index >= 15 is 0 Å². The van der Waals surface area contributed by atoms with Gasteiger partial charge in [0.2, 0.25) is 7.37 Å². The molecule has 0 aliphatic rings. The van der Waals surface area contributed by atoms with Crippen LogP contribution in [0.3, 0.4) is 0 Å². The summed E-state index contributed by atoms with van der Waals surface area (Å²) in [6.45, 7) is 20.5. The van der Waals surface area contributed by atoms with Gasteiger partial charge >= 0.3 is 12.3 Å². The SMILES string of the molecule is CCCCCCCOc1ccc(CCC(CC)(COP(=O)(C(C)(C)C)C(C)(C)C)NC(=O)OC(C)(C)C)cc1C(F)(F)F. The van der Waals surface area contributed by atoms with Crippen molar-refractivity contribution in [3.63, 3.8) is 0 Å². The fraction of sp³-hybridized carbons (Fsp3) is 0.788. The molecule has 1 atom stereocenters. The maximum absolute atomic E-state index is 14.3. The van der Waals surface area contributed by atoms with E-state index in [1.807, 2.05) is 48.5 Å². The van der Waals surface area contributed by atoms with Crippen molar-refractivity contribution in [1.82, 2.24) is 5.32 Å². The predicted octanol–water partition coefficient (Wildman–Crippen LogP) is 10.6. The number of benzene rings is 1. The van der Waals surface area contributed by atoms with Gasteiger partial charge in [0.1, 0.15) is 11.4 Å². The van der Waals surface area contributed by atoms with Crippen molar-refractivity contribution in [3.05, 3.63) is 29.3 Å². The largest absolute Gasteiger partial charge is 0.493 e. The molecule has 1 N–H and O–H groups in total. The van der Waals surface area contributed by atoms with Gasteiger partial charge in [-0.05, 0) is 64.2 Å². The average Bonchev–Trinajstić information content (AvgIpc) is 2.84. The Kier molecular flexibility index (Phi) is 14.2. The Morgan fingerprint density at radius 1 is 0.884 bits per heavy atom. The number of hydrogen-bond donors (Lipinski definition) is 1. The number of amides is 1. The van der Waals surface area contributed by atoms with Gasteiger partial charge in [-0.2, -0.15) is 13.2 Å². The number of carbonyl (C=O) groups is 1. The minimum absolute atomic E-state index is 0.0834. The highest BCUT2D eigenvalue weighted by atomic mass is 31.2. The Morgan fingerprint density at radius 2 is 1.47 bits per heavy atom. The number of nitrogens with one attached hydrogen (secondary N) is 1. The van der Waals surface area contributed by atoms with Gasteiger partial charge < -0.3 is 19.3 Å². The van der Waals surface area contributed by atoms with Crippen LogP contribution in [0.4, 0.5) is 18.0 Å². The van der Waals surface area contributed by atoms with Crippen LogP contribution in [0.1, 0.15) is 132 Å². The second kappa shape index (κ2) is 15.5. The van der Waals surface area contributed by atoms with Gasteiger partial charge in [-0.25, -0.2) is 4.79 Å². The van der Waals surface area contributed by atoms with Crippen LogP contribution in [0.15, 0.2) is 18.2 Å². The van der Waals surface area contributed by atoms with Crippen molar-refractivity contribution < 1.29 is 36.5 Å². The number of halogens is 3. The molecule has 0 bridgehead atoms. The molecule has 250 valence electrons. The van der Waals surface area contributed by atoms with Gasteiger partial charge in [-0.1, -0.05) is 87.1 Å². The van der Waals surface area contributed by atoms with E-state index in [9.17, 15) is 22.5 Å². The molecule has 0 fully saturated rings. The number of aryl methyl sites for hydroxylation is 1. The summed E-state index contributed by atoms with van der Waals surface area (Å²) >= 11 is 0. The molecule has 0 saturated carbocycles. The van der Waals surface area contributed by atoms with Crippen molar-refractivity contribution in [2.45, 2.75) is 155 Å². The summed E-state index contributed by atoms with van der Waals surface area (Å²) in [5.41, 5.74) is -2.17. The molecule has 1 unspecified atom stereocenters. The Balaban J connectivity index is 3.31. The van der Waals surface area contributed by atoms with Gasteiger partial charge in [0, 0.05) is 10.3 Å². The molecular weight excluding hydrogens is 578 g/mol. The van der Waals surface area contributed by atoms with Gasteiger partial charge in [-0.15, -0.1) is 0 Å². The second-order valence-electron chi connectivity index (χ2n) is 14.5. The van der Waals surface area contributed by atoms with Crippen molar-refractivity contribution in [3.8, 4) is 5.75 Å². The highest BCUT2D eigenvalue weighted by Gasteiger charge is 2.49. The summed E-state index contributed by atoms with van der Waals surface area (Å²) in [6, 6.07) is 4.13. The monoisotopic (exact) mass is 635 g/mol. The molecule has 1 aromatic rings. The fourth-order valence-electron chi connectivity index (χ4n) is 5.02. The van der Waals surface area contributed by atoms with E-state index in [0.29, 0.717) is 18.4 Å². The Morgan fingerprint density at radius 3 is 1.95 bits per heavy atom. The molecule has 1 rings (SSSR count). The zero-order valence-corrected chi connectivity index (χ0v) is 29.3. The third kappa shape index (κ3) is 12.3. The Bertz CT molecular complexity index is 1050. The standard InChI is InChI=1S/C33H57F3NO5P/c1-12-14-15-16-17-22-40-27-19-18-25(23-26(27)33(34,35)36)20-21-32(13-2,37-28(38)42-29(3,4)5)24-41-43(39,30(6,7)8)31(9,10)11/h18-19,23H,12-17,20-22,24H2,1-11H3,(H,37,38). The zero-order valence-electron chi connectivity index (χ0n) is 28.4. The first kappa shape index (κ1) is 39.3. The molecule has 6 nitrogen and oxygen atoms in total. The summed E-state index contributed by atoms with van der Waals surface area (Å²) in [4.78, 5) is 13.0. The molecule has 43 heavy (non-hydrogen) atoms. The lowest BCUT2D eigenvalue weighted by atomic mass is 9.89. The molecule has 1 amide bonds. The van der Waals surface area contributed by atoms with Crippen LogP contribution in [-0.2, 0) is 26.4 Å². The number of ether oxygens (including phenoxy) is 2. The third-order valence-electron chi connectivity index (χ3n) is 7.48. The van der Waals surface area contributed by atoms with Gasteiger partial charge in [0.25, 0.3) is 0 Å². The van der Waals surface area contributed by atoms with Crippen LogP contribution >= 0.6 is 7.37 Å². The number of rotatable bonds is 15. The molecule has 0 saturated heterocycles. The van der Waals surface area contributed by atoms with Crippen LogP contribution in [0.2, 0.25) is 0 Å². The van der Waals surface area contributed by atoms with Crippen LogP contribution in [0.5, 0.6) is 5.75 Å². The third-order valence-corrected chi connectivity index (χ3v) is 11.5. The van der Waals surface area contributed by atoms with E-state index in [-0.39, 0.29) is 31.8 Å². The lowest BCUT2D eigenvalue weighted by molar-refractivity contribution is -0.139. The molecule has 1 aromatic carbocycles. The smallest absolute Gasteiger partial charge is 0.419 e. The minimum Gasteiger partial charge on any atom is -0.493 e. The van der Waals surface area contributed by atoms with E-state index in [4.69, 9.17) is 14.0 Å². The predicted molar refractivity (Wildman–Crippen MR) is 169 cm³/mol. The Labute approximate surface area is 258 Å². The van der Waals surface area contributed by atoms with Crippen molar-refractivity contribution in [1.29, 1.82) is 0 Å². The van der Waals surface area contributed by atoms with Crippen LogP contribution in [-0.4, -0.2) is 40.8 Å². The molecule has 0 aromatic heterocycles. The molecule has 0 spiro atoms. The first-order valence-corrected chi connectivity index (χ1v) is 17.2. The van der Waals surface area contributed by atoms with Gasteiger partial charge in [0.15, 0.2) is 0 Å². The van der Waals surface area contributed by atoms with Crippen LogP contribution in [0.25, 0.3) is 0 Å². The van der Waals surface area contributed by atoms with E-state index in [0.717, 1.165) is 31.7 Å². The summed E-state index contributed by atoms with van der Waals surface area (Å²) in [5, 5.41) is 1.58. The summed E-state index contributed by atoms with van der Waals surface area (Å²) in [5.74, 6) is -0.181. The lowest BCUT2D eigenvalue weighted by Crippen LogP contribution is -2.53.